The molecule has 11 nitrogen and oxygen atoms in total. The summed E-state index contributed by atoms with van der Waals surface area (Å²) in [5.41, 5.74) is -0.386. The van der Waals surface area contributed by atoms with Crippen molar-refractivity contribution >= 4 is 51.6 Å². The van der Waals surface area contributed by atoms with Gasteiger partial charge in [0.25, 0.3) is 0 Å². The molecular formula is C36H36ClF2N5O6. The van der Waals surface area contributed by atoms with Crippen molar-refractivity contribution in [2.75, 3.05) is 51.0 Å². The smallest absolute Gasteiger partial charge is 0.240 e. The Morgan fingerprint density at radius 1 is 0.900 bits per heavy atom. The maximum atomic E-state index is 15.3. The Bertz CT molecular complexity index is 1930. The van der Waals surface area contributed by atoms with E-state index in [1.807, 2.05) is 0 Å². The lowest BCUT2D eigenvalue weighted by atomic mass is 9.98. The molecule has 50 heavy (non-hydrogen) atoms. The van der Waals surface area contributed by atoms with E-state index < -0.39 is 28.9 Å². The predicted molar refractivity (Wildman–Crippen MR) is 184 cm³/mol. The summed E-state index contributed by atoms with van der Waals surface area (Å²) in [5.74, 6) is -0.980. The van der Waals surface area contributed by atoms with Crippen LogP contribution >= 0.6 is 11.6 Å². The van der Waals surface area contributed by atoms with Crippen LogP contribution in [0.1, 0.15) is 25.7 Å². The number of carbonyl (C=O) groups is 3. The first-order chi connectivity index (χ1) is 24.1. The van der Waals surface area contributed by atoms with Crippen LogP contribution in [0.5, 0.6) is 23.0 Å². The Hall–Kier alpha value is -5.01. The fourth-order valence-corrected chi connectivity index (χ4v) is 6.01. The number of amides is 3. The maximum absolute atomic E-state index is 15.3. The van der Waals surface area contributed by atoms with Crippen molar-refractivity contribution in [1.82, 2.24) is 15.2 Å². The molecule has 1 saturated carbocycles. The monoisotopic (exact) mass is 707 g/mol. The van der Waals surface area contributed by atoms with E-state index in [1.54, 1.807) is 31.4 Å². The van der Waals surface area contributed by atoms with Crippen molar-refractivity contribution in [2.24, 2.45) is 11.3 Å². The number of nitrogens with one attached hydrogen (secondary N) is 3. The zero-order chi connectivity index (χ0) is 35.4. The number of ether oxygens (including phenoxy) is 3. The Morgan fingerprint density at radius 3 is 2.24 bits per heavy atom. The number of carbonyl (C=O) groups excluding carboxylic acids is 3. The van der Waals surface area contributed by atoms with Crippen LogP contribution in [0.3, 0.4) is 0 Å². The van der Waals surface area contributed by atoms with Crippen LogP contribution in [0.25, 0.3) is 10.9 Å². The summed E-state index contributed by atoms with van der Waals surface area (Å²) in [6.45, 7) is 2.50. The van der Waals surface area contributed by atoms with Crippen molar-refractivity contribution in [2.45, 2.75) is 25.7 Å². The standard InChI is InChI=1S/C36H36ClF2N5O6/c1-40-33(45)19-44-13-8-21(9-14-44)20-49-32-18-28-24(17-31(32)48-2)29(7-12-41-28)50-30-6-4-23(16-27(30)39)43-35(47)36(10-11-36)34(46)42-22-3-5-26(38)25(37)15-22/h3-7,12,15-18,21H,8-11,13-14,19-20H2,1-2H3,(H,40,45)(H,42,46)(H,43,47). The van der Waals surface area contributed by atoms with Crippen molar-refractivity contribution in [3.8, 4) is 23.0 Å². The molecule has 3 amide bonds. The molecule has 2 fully saturated rings. The van der Waals surface area contributed by atoms with Crippen LogP contribution in [0, 0.1) is 23.0 Å². The number of halogens is 3. The molecular weight excluding hydrogens is 672 g/mol. The molecule has 0 spiro atoms. The lowest BCUT2D eigenvalue weighted by Crippen LogP contribution is -2.41. The molecule has 1 aromatic heterocycles. The normalized spacial score (nSPS) is 15.6. The largest absolute Gasteiger partial charge is 0.493 e. The molecule has 3 N–H and O–H groups in total. The topological polar surface area (TPSA) is 131 Å². The van der Waals surface area contributed by atoms with Gasteiger partial charge < -0.3 is 30.2 Å². The van der Waals surface area contributed by atoms with Crippen molar-refractivity contribution < 1.29 is 37.4 Å². The number of likely N-dealkylation sites (tertiary alicyclic amines) is 1. The molecule has 0 bridgehead atoms. The minimum absolute atomic E-state index is 0.00199. The summed E-state index contributed by atoms with van der Waals surface area (Å²) in [5, 5.41) is 8.29. The number of pyridine rings is 1. The minimum Gasteiger partial charge on any atom is -0.493 e. The molecule has 0 radical (unpaired) electrons. The molecule has 262 valence electrons. The fourth-order valence-electron chi connectivity index (χ4n) is 5.83. The first-order valence-corrected chi connectivity index (χ1v) is 16.5. The third kappa shape index (κ3) is 7.74. The number of methoxy groups -OCH3 is 1. The number of anilines is 2. The van der Waals surface area contributed by atoms with Crippen LogP contribution in [0.2, 0.25) is 5.02 Å². The summed E-state index contributed by atoms with van der Waals surface area (Å²) in [6.07, 6.45) is 3.95. The maximum Gasteiger partial charge on any atom is 0.240 e. The van der Waals surface area contributed by atoms with E-state index in [-0.39, 0.29) is 28.1 Å². The second kappa shape index (κ2) is 14.9. The first-order valence-electron chi connectivity index (χ1n) is 16.2. The number of likely N-dealkylation sites (N-methyl/N-ethyl adjacent to an activating group) is 1. The van der Waals surface area contributed by atoms with Crippen LogP contribution in [-0.4, -0.2) is 68.0 Å². The number of hydrogen-bond donors (Lipinski definition) is 3. The highest BCUT2D eigenvalue weighted by molar-refractivity contribution is 6.31. The van der Waals surface area contributed by atoms with Gasteiger partial charge in [-0.15, -0.1) is 0 Å². The highest BCUT2D eigenvalue weighted by Gasteiger charge is 2.56. The van der Waals surface area contributed by atoms with Gasteiger partial charge in [0.2, 0.25) is 17.7 Å². The van der Waals surface area contributed by atoms with Crippen molar-refractivity contribution in [1.29, 1.82) is 0 Å². The summed E-state index contributed by atoms with van der Waals surface area (Å²) < 4.78 is 46.6. The van der Waals surface area contributed by atoms with E-state index in [1.165, 1.54) is 31.4 Å². The molecule has 2 aliphatic rings. The van der Waals surface area contributed by atoms with Crippen LogP contribution < -0.4 is 30.2 Å². The van der Waals surface area contributed by atoms with E-state index in [0.717, 1.165) is 38.1 Å². The van der Waals surface area contributed by atoms with Gasteiger partial charge in [-0.3, -0.25) is 24.3 Å². The average Bonchev–Trinajstić information content (AvgIpc) is 3.93. The molecule has 1 aliphatic carbocycles. The Balaban J connectivity index is 1.09. The highest BCUT2D eigenvalue weighted by atomic mass is 35.5. The van der Waals surface area contributed by atoms with Crippen molar-refractivity contribution in [3.05, 3.63) is 77.5 Å². The van der Waals surface area contributed by atoms with E-state index >= 15 is 4.39 Å². The number of aromatic nitrogens is 1. The molecule has 2 heterocycles. The number of nitrogens with zero attached hydrogens (tertiary/aromatic N) is 2. The number of hydrogen-bond acceptors (Lipinski definition) is 8. The third-order valence-corrected chi connectivity index (χ3v) is 9.31. The van der Waals surface area contributed by atoms with Gasteiger partial charge in [0.05, 0.1) is 30.8 Å². The number of piperidine rings is 1. The van der Waals surface area contributed by atoms with Crippen molar-refractivity contribution in [3.63, 3.8) is 0 Å². The van der Waals surface area contributed by atoms with Gasteiger partial charge in [0.15, 0.2) is 23.1 Å². The van der Waals surface area contributed by atoms with Gasteiger partial charge in [-0.1, -0.05) is 11.6 Å². The van der Waals surface area contributed by atoms with Gasteiger partial charge in [0.1, 0.15) is 17.0 Å². The first kappa shape index (κ1) is 34.8. The average molecular weight is 708 g/mol. The molecule has 4 aromatic rings. The quantitative estimate of drug-likeness (QED) is 0.149. The molecule has 0 atom stereocenters. The summed E-state index contributed by atoms with van der Waals surface area (Å²) in [7, 11) is 3.16. The second-order valence-corrected chi connectivity index (χ2v) is 12.8. The Labute approximate surface area is 292 Å². The zero-order valence-electron chi connectivity index (χ0n) is 27.5. The molecule has 0 unspecified atom stereocenters. The Morgan fingerprint density at radius 2 is 1.60 bits per heavy atom. The number of rotatable bonds is 12. The van der Waals surface area contributed by atoms with E-state index in [9.17, 15) is 18.8 Å². The summed E-state index contributed by atoms with van der Waals surface area (Å²) >= 11 is 5.80. The number of benzene rings is 3. The van der Waals surface area contributed by atoms with Crippen LogP contribution in [-0.2, 0) is 14.4 Å². The molecule has 6 rings (SSSR count). The van der Waals surface area contributed by atoms with Gasteiger partial charge in [-0.05, 0) is 87.2 Å². The Kier molecular flexibility index (Phi) is 10.3. The third-order valence-electron chi connectivity index (χ3n) is 9.02. The summed E-state index contributed by atoms with van der Waals surface area (Å²) in [6, 6.07) is 12.8. The molecule has 1 saturated heterocycles. The predicted octanol–water partition coefficient (Wildman–Crippen LogP) is 6.16. The zero-order valence-corrected chi connectivity index (χ0v) is 28.2. The van der Waals surface area contributed by atoms with Gasteiger partial charge >= 0.3 is 0 Å². The highest BCUT2D eigenvalue weighted by Crippen LogP contribution is 2.48. The van der Waals surface area contributed by atoms with Crippen LogP contribution in [0.15, 0.2) is 60.8 Å². The fraction of sp³-hybridized carbons (Fsp3) is 0.333. The second-order valence-electron chi connectivity index (χ2n) is 12.4. The lowest BCUT2D eigenvalue weighted by molar-refractivity contribution is -0.131. The molecule has 3 aromatic carbocycles. The number of fused-ring (bicyclic) bond motifs is 1. The van der Waals surface area contributed by atoms with E-state index in [0.29, 0.717) is 60.1 Å². The van der Waals surface area contributed by atoms with Gasteiger partial charge in [0, 0.05) is 42.1 Å². The minimum atomic E-state index is -1.34. The molecule has 14 heteroatoms. The van der Waals surface area contributed by atoms with Crippen LogP contribution in [0.4, 0.5) is 20.2 Å². The van der Waals surface area contributed by atoms with E-state index in [2.05, 4.69) is 25.8 Å². The SMILES string of the molecule is CNC(=O)CN1CCC(COc2cc3nccc(Oc4ccc(NC(=O)C5(C(=O)Nc6ccc(F)c(Cl)c6)CC5)cc4F)c3cc2OC)CC1. The van der Waals surface area contributed by atoms with Gasteiger partial charge in [-0.2, -0.15) is 0 Å². The van der Waals surface area contributed by atoms with E-state index in [4.69, 9.17) is 25.8 Å². The lowest BCUT2D eigenvalue weighted by Gasteiger charge is -2.31. The summed E-state index contributed by atoms with van der Waals surface area (Å²) in [4.78, 5) is 44.3. The van der Waals surface area contributed by atoms with Gasteiger partial charge in [-0.25, -0.2) is 8.78 Å². The molecule has 1 aliphatic heterocycles.